The molecule has 7 heteroatoms. The molecule has 0 aromatic carbocycles. The summed E-state index contributed by atoms with van der Waals surface area (Å²) in [6.07, 6.45) is 12.1. The molecule has 1 aliphatic carbocycles. The third kappa shape index (κ3) is 8.17. The Morgan fingerprint density at radius 3 is 2.43 bits per heavy atom. The first-order valence-corrected chi connectivity index (χ1v) is 12.1. The van der Waals surface area contributed by atoms with E-state index in [1.807, 2.05) is 7.05 Å². The maximum absolute atomic E-state index is 12.7. The summed E-state index contributed by atoms with van der Waals surface area (Å²) in [4.78, 5) is 21.8. The Labute approximate surface area is 201 Å². The second-order valence-electron chi connectivity index (χ2n) is 9.48. The molecule has 0 spiro atoms. The summed E-state index contributed by atoms with van der Waals surface area (Å²) in [5, 5.41) is 7.00. The quantitative estimate of drug-likeness (QED) is 0.228. The maximum atomic E-state index is 12.7. The van der Waals surface area contributed by atoms with Crippen LogP contribution in [0.5, 0.6) is 0 Å². The second-order valence-corrected chi connectivity index (χ2v) is 9.48. The van der Waals surface area contributed by atoms with Crippen molar-refractivity contribution in [3.05, 3.63) is 0 Å². The van der Waals surface area contributed by atoms with Gasteiger partial charge in [0.05, 0.1) is 0 Å². The first kappa shape index (κ1) is 25.7. The number of guanidine groups is 1. The number of unbranched alkanes of at least 4 members (excludes halogenated alkanes) is 1. The van der Waals surface area contributed by atoms with Gasteiger partial charge >= 0.3 is 0 Å². The molecule has 3 fully saturated rings. The van der Waals surface area contributed by atoms with Crippen molar-refractivity contribution in [1.82, 2.24) is 20.4 Å². The van der Waals surface area contributed by atoms with Crippen LogP contribution in [0.1, 0.15) is 71.1 Å². The lowest BCUT2D eigenvalue weighted by atomic mass is 9.88. The number of hydrogen-bond acceptors (Lipinski definition) is 3. The topological polar surface area (TPSA) is 60.0 Å². The van der Waals surface area contributed by atoms with E-state index in [0.717, 1.165) is 50.8 Å². The summed E-state index contributed by atoms with van der Waals surface area (Å²) in [7, 11) is 1.84. The molecule has 6 nitrogen and oxygen atoms in total. The molecule has 174 valence electrons. The highest BCUT2D eigenvalue weighted by Crippen LogP contribution is 2.26. The minimum Gasteiger partial charge on any atom is -0.356 e. The van der Waals surface area contributed by atoms with Crippen molar-refractivity contribution in [3.63, 3.8) is 0 Å². The Bertz CT molecular complexity index is 530. The Kier molecular flexibility index (Phi) is 11.8. The summed E-state index contributed by atoms with van der Waals surface area (Å²) in [6, 6.07) is 0.323. The molecule has 2 saturated heterocycles. The molecule has 3 rings (SSSR count). The molecule has 3 aliphatic rings. The van der Waals surface area contributed by atoms with E-state index in [-0.39, 0.29) is 29.9 Å². The lowest BCUT2D eigenvalue weighted by Crippen LogP contribution is -2.45. The van der Waals surface area contributed by atoms with Gasteiger partial charge in [0.15, 0.2) is 5.96 Å². The van der Waals surface area contributed by atoms with Gasteiger partial charge in [0.2, 0.25) is 5.91 Å². The molecule has 1 unspecified atom stereocenters. The summed E-state index contributed by atoms with van der Waals surface area (Å²) < 4.78 is 0. The van der Waals surface area contributed by atoms with E-state index >= 15 is 0 Å². The molecule has 0 aromatic rings. The van der Waals surface area contributed by atoms with Gasteiger partial charge in [-0.3, -0.25) is 9.79 Å². The number of nitrogens with one attached hydrogen (secondary N) is 2. The van der Waals surface area contributed by atoms with Crippen molar-refractivity contribution >= 4 is 35.8 Å². The van der Waals surface area contributed by atoms with Crippen LogP contribution in [0, 0.1) is 11.8 Å². The number of piperidine rings is 1. The normalized spacial score (nSPS) is 24.5. The Hall–Kier alpha value is -0.570. The van der Waals surface area contributed by atoms with Crippen LogP contribution in [0.4, 0.5) is 0 Å². The van der Waals surface area contributed by atoms with E-state index in [1.165, 1.54) is 64.6 Å². The van der Waals surface area contributed by atoms with Gasteiger partial charge < -0.3 is 20.4 Å². The lowest BCUT2D eigenvalue weighted by molar-refractivity contribution is -0.135. The van der Waals surface area contributed by atoms with Crippen LogP contribution in [-0.4, -0.2) is 74.0 Å². The van der Waals surface area contributed by atoms with Gasteiger partial charge in [0.25, 0.3) is 0 Å². The van der Waals surface area contributed by atoms with Crippen LogP contribution >= 0.6 is 24.0 Å². The zero-order chi connectivity index (χ0) is 20.5. The molecule has 2 heterocycles. The van der Waals surface area contributed by atoms with Gasteiger partial charge in [0.1, 0.15) is 0 Å². The standard InChI is InChI=1S/C23H43N5O.HI/c1-19-10-15-27(16-11-19)14-7-6-13-25-23(24-2)26-21-12-17-28(18-21)22(29)20-8-4-3-5-9-20;/h19-21H,3-18H2,1-2H3,(H2,24,25,26);1H. The van der Waals surface area contributed by atoms with E-state index in [0.29, 0.717) is 11.9 Å². The third-order valence-corrected chi connectivity index (χ3v) is 7.09. The number of rotatable bonds is 7. The largest absolute Gasteiger partial charge is 0.356 e. The highest BCUT2D eigenvalue weighted by Gasteiger charge is 2.31. The Morgan fingerprint density at radius 1 is 1.00 bits per heavy atom. The molecule has 0 aromatic heterocycles. The number of halogens is 1. The molecular formula is C23H44IN5O. The van der Waals surface area contributed by atoms with Crippen LogP contribution in [0.3, 0.4) is 0 Å². The third-order valence-electron chi connectivity index (χ3n) is 7.09. The summed E-state index contributed by atoms with van der Waals surface area (Å²) >= 11 is 0. The van der Waals surface area contributed by atoms with Crippen LogP contribution in [0.15, 0.2) is 4.99 Å². The molecule has 0 bridgehead atoms. The highest BCUT2D eigenvalue weighted by atomic mass is 127. The molecule has 1 atom stereocenters. The van der Waals surface area contributed by atoms with Gasteiger partial charge in [-0.15, -0.1) is 24.0 Å². The Balaban J connectivity index is 0.00000320. The summed E-state index contributed by atoms with van der Waals surface area (Å²) in [5.74, 6) is 2.47. The number of hydrogen-bond donors (Lipinski definition) is 2. The fraction of sp³-hybridized carbons (Fsp3) is 0.913. The van der Waals surface area contributed by atoms with Gasteiger partial charge in [-0.05, 0) is 70.5 Å². The zero-order valence-corrected chi connectivity index (χ0v) is 21.5. The van der Waals surface area contributed by atoms with Gasteiger partial charge in [-0.1, -0.05) is 26.2 Å². The number of aliphatic imine (C=N–C) groups is 1. The number of nitrogens with zero attached hydrogens (tertiary/aromatic N) is 3. The van der Waals surface area contributed by atoms with Crippen LogP contribution in [0.25, 0.3) is 0 Å². The molecule has 2 aliphatic heterocycles. The summed E-state index contributed by atoms with van der Waals surface area (Å²) in [5.41, 5.74) is 0. The van der Waals surface area contributed by atoms with Crippen molar-refractivity contribution in [2.45, 2.75) is 77.2 Å². The van der Waals surface area contributed by atoms with E-state index in [4.69, 9.17) is 0 Å². The van der Waals surface area contributed by atoms with Crippen LogP contribution in [-0.2, 0) is 4.79 Å². The maximum Gasteiger partial charge on any atom is 0.225 e. The molecule has 0 radical (unpaired) electrons. The number of carbonyl (C=O) groups excluding carboxylic acids is 1. The molecule has 30 heavy (non-hydrogen) atoms. The van der Waals surface area contributed by atoms with Crippen LogP contribution in [0.2, 0.25) is 0 Å². The predicted octanol–water partition coefficient (Wildman–Crippen LogP) is 3.46. The molecular weight excluding hydrogens is 489 g/mol. The fourth-order valence-corrected chi connectivity index (χ4v) is 5.03. The molecule has 2 N–H and O–H groups in total. The average molecular weight is 534 g/mol. The first-order valence-electron chi connectivity index (χ1n) is 12.1. The van der Waals surface area contributed by atoms with E-state index < -0.39 is 0 Å². The number of likely N-dealkylation sites (tertiary alicyclic amines) is 2. The van der Waals surface area contributed by atoms with E-state index in [2.05, 4.69) is 32.3 Å². The number of amides is 1. The zero-order valence-electron chi connectivity index (χ0n) is 19.2. The highest BCUT2D eigenvalue weighted by molar-refractivity contribution is 14.0. The van der Waals surface area contributed by atoms with Crippen LogP contribution < -0.4 is 10.6 Å². The fourth-order valence-electron chi connectivity index (χ4n) is 5.03. The van der Waals surface area contributed by atoms with Gasteiger partial charge in [-0.2, -0.15) is 0 Å². The molecule has 1 amide bonds. The van der Waals surface area contributed by atoms with Gasteiger partial charge in [0, 0.05) is 38.6 Å². The van der Waals surface area contributed by atoms with Crippen molar-refractivity contribution in [2.24, 2.45) is 16.8 Å². The second kappa shape index (κ2) is 13.8. The SMILES string of the molecule is CN=C(NCCCCN1CCC(C)CC1)NC1CCN(C(=O)C2CCCCC2)C1.I. The van der Waals surface area contributed by atoms with Crippen molar-refractivity contribution in [2.75, 3.05) is 46.3 Å². The average Bonchev–Trinajstić information content (AvgIpc) is 3.22. The van der Waals surface area contributed by atoms with E-state index in [1.54, 1.807) is 0 Å². The molecule has 1 saturated carbocycles. The monoisotopic (exact) mass is 533 g/mol. The van der Waals surface area contributed by atoms with E-state index in [9.17, 15) is 4.79 Å². The smallest absolute Gasteiger partial charge is 0.225 e. The van der Waals surface area contributed by atoms with Gasteiger partial charge in [-0.25, -0.2) is 0 Å². The van der Waals surface area contributed by atoms with Crippen molar-refractivity contribution in [3.8, 4) is 0 Å². The lowest BCUT2D eigenvalue weighted by Gasteiger charge is -2.30. The number of carbonyl (C=O) groups is 1. The van der Waals surface area contributed by atoms with Crippen molar-refractivity contribution < 1.29 is 4.79 Å². The summed E-state index contributed by atoms with van der Waals surface area (Å²) in [6.45, 7) is 8.81. The minimum absolute atomic E-state index is 0. The first-order chi connectivity index (χ1) is 14.2. The minimum atomic E-state index is 0. The Morgan fingerprint density at radius 2 is 1.73 bits per heavy atom. The predicted molar refractivity (Wildman–Crippen MR) is 136 cm³/mol. The van der Waals surface area contributed by atoms with Crippen molar-refractivity contribution in [1.29, 1.82) is 0 Å².